The van der Waals surface area contributed by atoms with Gasteiger partial charge in [0, 0.05) is 4.88 Å². The number of nitrogens with two attached hydrogens (primary N) is 1. The molecule has 1 aromatic carbocycles. The van der Waals surface area contributed by atoms with Crippen LogP contribution in [0.1, 0.15) is 33.3 Å². The SMILES string of the molecule is CCc1c(C)sc(NC(=O)Cc2ccc(F)cc2)c1C(N)=O. The van der Waals surface area contributed by atoms with Crippen molar-refractivity contribution in [1.29, 1.82) is 0 Å². The molecular formula is C16H17FN2O2S. The third-order valence-electron chi connectivity index (χ3n) is 3.34. The van der Waals surface area contributed by atoms with Gasteiger partial charge < -0.3 is 11.1 Å². The Kier molecular flexibility index (Phi) is 4.92. The lowest BCUT2D eigenvalue weighted by Crippen LogP contribution is -2.19. The molecule has 0 saturated heterocycles. The van der Waals surface area contributed by atoms with Crippen molar-refractivity contribution in [3.63, 3.8) is 0 Å². The van der Waals surface area contributed by atoms with Gasteiger partial charge in [-0.15, -0.1) is 11.3 Å². The third-order valence-corrected chi connectivity index (χ3v) is 4.40. The standard InChI is InChI=1S/C16H17FN2O2S/c1-3-12-9(2)22-16(14(12)15(18)21)19-13(20)8-10-4-6-11(17)7-5-10/h4-7H,3,8H2,1-2H3,(H2,18,21)(H,19,20). The van der Waals surface area contributed by atoms with Gasteiger partial charge in [-0.05, 0) is 36.6 Å². The van der Waals surface area contributed by atoms with E-state index in [1.54, 1.807) is 12.1 Å². The lowest BCUT2D eigenvalue weighted by atomic mass is 10.1. The number of thiophene rings is 1. The summed E-state index contributed by atoms with van der Waals surface area (Å²) >= 11 is 1.34. The number of benzene rings is 1. The van der Waals surface area contributed by atoms with Crippen LogP contribution in [-0.4, -0.2) is 11.8 Å². The van der Waals surface area contributed by atoms with Crippen molar-refractivity contribution >= 4 is 28.2 Å². The van der Waals surface area contributed by atoms with Crippen molar-refractivity contribution in [2.45, 2.75) is 26.7 Å². The first-order valence-corrected chi connectivity index (χ1v) is 7.70. The van der Waals surface area contributed by atoms with E-state index in [1.807, 2.05) is 13.8 Å². The fourth-order valence-corrected chi connectivity index (χ4v) is 3.48. The smallest absolute Gasteiger partial charge is 0.251 e. The van der Waals surface area contributed by atoms with Crippen LogP contribution in [-0.2, 0) is 17.6 Å². The number of aryl methyl sites for hydroxylation is 1. The van der Waals surface area contributed by atoms with E-state index in [4.69, 9.17) is 5.73 Å². The van der Waals surface area contributed by atoms with Crippen LogP contribution in [0.2, 0.25) is 0 Å². The molecule has 0 bridgehead atoms. The number of amides is 2. The Balaban J connectivity index is 2.18. The van der Waals surface area contributed by atoms with Crippen molar-refractivity contribution < 1.29 is 14.0 Å². The minimum Gasteiger partial charge on any atom is -0.365 e. The Labute approximate surface area is 132 Å². The van der Waals surface area contributed by atoms with Gasteiger partial charge in [-0.25, -0.2) is 4.39 Å². The molecule has 3 N–H and O–H groups in total. The largest absolute Gasteiger partial charge is 0.365 e. The van der Waals surface area contributed by atoms with Crippen molar-refractivity contribution in [3.8, 4) is 0 Å². The summed E-state index contributed by atoms with van der Waals surface area (Å²) in [7, 11) is 0. The van der Waals surface area contributed by atoms with E-state index in [0.717, 1.165) is 10.4 Å². The Morgan fingerprint density at radius 2 is 1.91 bits per heavy atom. The molecule has 1 aromatic heterocycles. The average molecular weight is 320 g/mol. The van der Waals surface area contributed by atoms with Crippen LogP contribution in [0.5, 0.6) is 0 Å². The van der Waals surface area contributed by atoms with Crippen LogP contribution in [0.3, 0.4) is 0 Å². The highest BCUT2D eigenvalue weighted by Gasteiger charge is 2.20. The number of carbonyl (C=O) groups is 2. The quantitative estimate of drug-likeness (QED) is 0.889. The lowest BCUT2D eigenvalue weighted by Gasteiger charge is -2.06. The minimum atomic E-state index is -0.543. The molecule has 0 unspecified atom stereocenters. The zero-order valence-corrected chi connectivity index (χ0v) is 13.2. The summed E-state index contributed by atoms with van der Waals surface area (Å²) in [5, 5.41) is 3.22. The summed E-state index contributed by atoms with van der Waals surface area (Å²) in [6.45, 7) is 3.83. The number of primary amides is 1. The van der Waals surface area contributed by atoms with Gasteiger partial charge in [0.2, 0.25) is 5.91 Å². The molecule has 1 heterocycles. The molecule has 0 aliphatic rings. The fourth-order valence-electron chi connectivity index (χ4n) is 2.31. The molecule has 0 radical (unpaired) electrons. The number of anilines is 1. The van der Waals surface area contributed by atoms with Crippen molar-refractivity contribution in [1.82, 2.24) is 0 Å². The van der Waals surface area contributed by atoms with E-state index in [0.29, 0.717) is 22.5 Å². The van der Waals surface area contributed by atoms with Crippen LogP contribution in [0.4, 0.5) is 9.39 Å². The number of rotatable bonds is 5. The Bertz CT molecular complexity index is 708. The summed E-state index contributed by atoms with van der Waals surface area (Å²) in [6, 6.07) is 5.73. The number of nitrogens with one attached hydrogen (secondary N) is 1. The zero-order chi connectivity index (χ0) is 16.3. The van der Waals surface area contributed by atoms with Gasteiger partial charge in [0.05, 0.1) is 12.0 Å². The van der Waals surface area contributed by atoms with E-state index < -0.39 is 5.91 Å². The Morgan fingerprint density at radius 1 is 1.27 bits per heavy atom. The number of hydrogen-bond acceptors (Lipinski definition) is 3. The molecule has 116 valence electrons. The first kappa shape index (κ1) is 16.2. The molecule has 22 heavy (non-hydrogen) atoms. The van der Waals surface area contributed by atoms with Crippen LogP contribution >= 0.6 is 11.3 Å². The maximum atomic E-state index is 12.8. The number of halogens is 1. The molecule has 0 fully saturated rings. The average Bonchev–Trinajstić information content (AvgIpc) is 2.76. The van der Waals surface area contributed by atoms with Gasteiger partial charge in [-0.2, -0.15) is 0 Å². The molecule has 0 saturated carbocycles. The van der Waals surface area contributed by atoms with Crippen LogP contribution in [0.25, 0.3) is 0 Å². The van der Waals surface area contributed by atoms with Gasteiger partial charge in [-0.3, -0.25) is 9.59 Å². The van der Waals surface area contributed by atoms with Gasteiger partial charge in [0.1, 0.15) is 10.8 Å². The highest BCUT2D eigenvalue weighted by molar-refractivity contribution is 7.16. The van der Waals surface area contributed by atoms with E-state index in [-0.39, 0.29) is 18.1 Å². The molecule has 0 aliphatic heterocycles. The number of hydrogen-bond donors (Lipinski definition) is 2. The minimum absolute atomic E-state index is 0.108. The first-order chi connectivity index (χ1) is 10.4. The fraction of sp³-hybridized carbons (Fsp3) is 0.250. The molecule has 2 rings (SSSR count). The van der Waals surface area contributed by atoms with Crippen LogP contribution in [0.15, 0.2) is 24.3 Å². The Hall–Kier alpha value is -2.21. The maximum Gasteiger partial charge on any atom is 0.251 e. The first-order valence-electron chi connectivity index (χ1n) is 6.88. The van der Waals surface area contributed by atoms with Gasteiger partial charge >= 0.3 is 0 Å². The van der Waals surface area contributed by atoms with Gasteiger partial charge in [0.25, 0.3) is 5.91 Å². The predicted octanol–water partition coefficient (Wildman–Crippen LogP) is 3.04. The van der Waals surface area contributed by atoms with E-state index in [9.17, 15) is 14.0 Å². The molecule has 0 aliphatic carbocycles. The van der Waals surface area contributed by atoms with Crippen LogP contribution in [0, 0.1) is 12.7 Å². The van der Waals surface area contributed by atoms with E-state index in [2.05, 4.69) is 5.32 Å². The zero-order valence-electron chi connectivity index (χ0n) is 12.4. The van der Waals surface area contributed by atoms with E-state index in [1.165, 1.54) is 23.5 Å². The van der Waals surface area contributed by atoms with Crippen molar-refractivity contribution in [2.75, 3.05) is 5.32 Å². The molecule has 2 amide bonds. The monoisotopic (exact) mass is 320 g/mol. The normalized spacial score (nSPS) is 10.5. The van der Waals surface area contributed by atoms with Gasteiger partial charge in [0.15, 0.2) is 0 Å². The van der Waals surface area contributed by atoms with Crippen molar-refractivity contribution in [2.24, 2.45) is 5.73 Å². The molecule has 0 spiro atoms. The van der Waals surface area contributed by atoms with E-state index >= 15 is 0 Å². The summed E-state index contributed by atoms with van der Waals surface area (Å²) in [5.74, 6) is -1.15. The topological polar surface area (TPSA) is 72.2 Å². The second-order valence-corrected chi connectivity index (χ2v) is 6.13. The summed E-state index contributed by atoms with van der Waals surface area (Å²) in [5.41, 5.74) is 7.38. The summed E-state index contributed by atoms with van der Waals surface area (Å²) in [4.78, 5) is 24.7. The van der Waals surface area contributed by atoms with Crippen molar-refractivity contribution in [3.05, 3.63) is 51.7 Å². The summed E-state index contributed by atoms with van der Waals surface area (Å²) in [6.07, 6.45) is 0.783. The maximum absolute atomic E-state index is 12.8. The molecule has 4 nitrogen and oxygen atoms in total. The predicted molar refractivity (Wildman–Crippen MR) is 85.7 cm³/mol. The molecule has 0 atom stereocenters. The highest BCUT2D eigenvalue weighted by atomic mass is 32.1. The molecular weight excluding hydrogens is 303 g/mol. The van der Waals surface area contributed by atoms with Crippen LogP contribution < -0.4 is 11.1 Å². The molecule has 6 heteroatoms. The highest BCUT2D eigenvalue weighted by Crippen LogP contribution is 2.33. The summed E-state index contributed by atoms with van der Waals surface area (Å²) < 4.78 is 12.8. The second kappa shape index (κ2) is 6.70. The third kappa shape index (κ3) is 3.51. The Morgan fingerprint density at radius 3 is 2.45 bits per heavy atom. The van der Waals surface area contributed by atoms with Gasteiger partial charge in [-0.1, -0.05) is 19.1 Å². The lowest BCUT2D eigenvalue weighted by molar-refractivity contribution is -0.115. The molecule has 2 aromatic rings. The second-order valence-electron chi connectivity index (χ2n) is 4.91. The number of carbonyl (C=O) groups excluding carboxylic acids is 2.